The van der Waals surface area contributed by atoms with Crippen LogP contribution in [0, 0.1) is 0 Å². The van der Waals surface area contributed by atoms with Gasteiger partial charge in [-0.05, 0) is 24.3 Å². The van der Waals surface area contributed by atoms with Gasteiger partial charge in [0.25, 0.3) is 10.0 Å². The summed E-state index contributed by atoms with van der Waals surface area (Å²) < 4.78 is 27.1. The van der Waals surface area contributed by atoms with E-state index in [4.69, 9.17) is 0 Å². The van der Waals surface area contributed by atoms with Gasteiger partial charge in [-0.15, -0.1) is 23.7 Å². The molecule has 2 aliphatic rings. The third kappa shape index (κ3) is 3.46. The molecule has 0 radical (unpaired) electrons. The summed E-state index contributed by atoms with van der Waals surface area (Å²) in [5.41, 5.74) is 0. The van der Waals surface area contributed by atoms with Gasteiger partial charge in [0, 0.05) is 32.2 Å². The highest BCUT2D eigenvalue weighted by molar-refractivity contribution is 7.91. The van der Waals surface area contributed by atoms with E-state index in [1.54, 1.807) is 17.5 Å². The molecule has 1 aromatic heterocycles. The number of carbonyl (C=O) groups excluding carboxylic acids is 1. The minimum Gasteiger partial charge on any atom is -0.336 e. The van der Waals surface area contributed by atoms with Gasteiger partial charge in [0.15, 0.2) is 0 Å². The number of hydrogen-bond acceptors (Lipinski definition) is 5. The third-order valence-electron chi connectivity index (χ3n) is 4.02. The Bertz CT molecular complexity index is 606. The minimum atomic E-state index is -3.41. The average molecular weight is 366 g/mol. The summed E-state index contributed by atoms with van der Waals surface area (Å²) in [6.45, 7) is 2.74. The van der Waals surface area contributed by atoms with E-state index >= 15 is 0 Å². The molecule has 1 amide bonds. The number of amides is 1. The van der Waals surface area contributed by atoms with Crippen molar-refractivity contribution in [3.05, 3.63) is 17.5 Å². The molecule has 1 atom stereocenters. The van der Waals surface area contributed by atoms with Crippen LogP contribution in [0.4, 0.5) is 0 Å². The van der Waals surface area contributed by atoms with Crippen LogP contribution < -0.4 is 5.32 Å². The Morgan fingerprint density at radius 3 is 2.82 bits per heavy atom. The molecule has 124 valence electrons. The first-order valence-corrected chi connectivity index (χ1v) is 9.45. The Labute approximate surface area is 140 Å². The first-order chi connectivity index (χ1) is 10.1. The predicted molar refractivity (Wildman–Crippen MR) is 87.9 cm³/mol. The maximum absolute atomic E-state index is 12.6. The topological polar surface area (TPSA) is 69.7 Å². The fraction of sp³-hybridized carbons (Fsp3) is 0.615. The number of carbonyl (C=O) groups is 1. The van der Waals surface area contributed by atoms with Gasteiger partial charge in [0.05, 0.1) is 6.54 Å². The molecular weight excluding hydrogens is 346 g/mol. The lowest BCUT2D eigenvalue weighted by Gasteiger charge is -2.40. The van der Waals surface area contributed by atoms with Crippen molar-refractivity contribution in [2.45, 2.75) is 23.1 Å². The van der Waals surface area contributed by atoms with Gasteiger partial charge in [0.1, 0.15) is 4.21 Å². The highest BCUT2D eigenvalue weighted by atomic mass is 35.5. The molecule has 1 N–H and O–H groups in total. The summed E-state index contributed by atoms with van der Waals surface area (Å²) in [6.07, 6.45) is 1.68. The van der Waals surface area contributed by atoms with E-state index in [0.717, 1.165) is 19.4 Å². The summed E-state index contributed by atoms with van der Waals surface area (Å²) in [6, 6.07) is 3.39. The zero-order valence-corrected chi connectivity index (χ0v) is 14.6. The van der Waals surface area contributed by atoms with E-state index in [9.17, 15) is 13.2 Å². The Morgan fingerprint density at radius 1 is 1.32 bits per heavy atom. The van der Waals surface area contributed by atoms with Crippen LogP contribution in [0.3, 0.4) is 0 Å². The van der Waals surface area contributed by atoms with Gasteiger partial charge in [-0.3, -0.25) is 4.79 Å². The molecule has 2 saturated heterocycles. The summed E-state index contributed by atoms with van der Waals surface area (Å²) in [7, 11) is -3.41. The molecular formula is C13H20ClN3O3S2. The van der Waals surface area contributed by atoms with Gasteiger partial charge in [-0.2, -0.15) is 4.31 Å². The number of nitrogens with one attached hydrogen (secondary N) is 1. The molecule has 22 heavy (non-hydrogen) atoms. The van der Waals surface area contributed by atoms with Crippen molar-refractivity contribution in [3.8, 4) is 0 Å². The largest absolute Gasteiger partial charge is 0.336 e. The predicted octanol–water partition coefficient (Wildman–Crippen LogP) is 0.755. The summed E-state index contributed by atoms with van der Waals surface area (Å²) in [4.78, 5) is 13.8. The van der Waals surface area contributed by atoms with E-state index in [-0.39, 0.29) is 24.4 Å². The molecule has 3 rings (SSSR count). The number of halogens is 1. The van der Waals surface area contributed by atoms with E-state index in [0.29, 0.717) is 30.4 Å². The van der Waals surface area contributed by atoms with Gasteiger partial charge in [-0.25, -0.2) is 8.42 Å². The second-order valence-corrected chi connectivity index (χ2v) is 8.47. The fourth-order valence-corrected chi connectivity index (χ4v) is 5.60. The fourth-order valence-electron chi connectivity index (χ4n) is 2.94. The normalized spacial score (nSPS) is 24.1. The SMILES string of the molecule is Cl.O=C1CNCCN1C1CCCN(S(=O)(=O)c2cccs2)C1. The zero-order valence-electron chi connectivity index (χ0n) is 12.1. The van der Waals surface area contributed by atoms with Crippen LogP contribution in [-0.4, -0.2) is 62.3 Å². The summed E-state index contributed by atoms with van der Waals surface area (Å²) in [5, 5.41) is 4.82. The number of piperazine rings is 1. The molecule has 1 aromatic rings. The van der Waals surface area contributed by atoms with Crippen molar-refractivity contribution in [2.75, 3.05) is 32.7 Å². The Morgan fingerprint density at radius 2 is 2.14 bits per heavy atom. The maximum atomic E-state index is 12.6. The Kier molecular flexibility index (Phi) is 5.84. The van der Waals surface area contributed by atoms with E-state index in [2.05, 4.69) is 5.32 Å². The first kappa shape index (κ1) is 17.7. The van der Waals surface area contributed by atoms with Crippen LogP contribution in [0.25, 0.3) is 0 Å². The zero-order chi connectivity index (χ0) is 14.9. The summed E-state index contributed by atoms with van der Waals surface area (Å²) in [5.74, 6) is 0.0709. The second kappa shape index (κ2) is 7.27. The lowest BCUT2D eigenvalue weighted by Crippen LogP contribution is -2.57. The number of hydrogen-bond donors (Lipinski definition) is 1. The van der Waals surface area contributed by atoms with Gasteiger partial charge < -0.3 is 10.2 Å². The highest BCUT2D eigenvalue weighted by Crippen LogP contribution is 2.26. The van der Waals surface area contributed by atoms with E-state index < -0.39 is 10.0 Å². The number of nitrogens with zero attached hydrogens (tertiary/aromatic N) is 2. The molecule has 6 nitrogen and oxygen atoms in total. The molecule has 1 unspecified atom stereocenters. The summed E-state index contributed by atoms with van der Waals surface area (Å²) >= 11 is 1.24. The van der Waals surface area contributed by atoms with Crippen LogP contribution >= 0.6 is 23.7 Å². The molecule has 2 fully saturated rings. The standard InChI is InChI=1S/C13H19N3O3S2.ClH/c17-12-9-14-5-7-16(12)11-3-1-6-15(10-11)21(18,19)13-4-2-8-20-13;/h2,4,8,11,14H,1,3,5-7,9-10H2;1H. The van der Waals surface area contributed by atoms with E-state index in [1.165, 1.54) is 15.6 Å². The van der Waals surface area contributed by atoms with Crippen LogP contribution in [0.5, 0.6) is 0 Å². The molecule has 3 heterocycles. The van der Waals surface area contributed by atoms with Crippen LogP contribution in [0.1, 0.15) is 12.8 Å². The molecule has 0 aliphatic carbocycles. The Balaban J connectivity index is 0.00000176. The molecule has 0 aromatic carbocycles. The minimum absolute atomic E-state index is 0. The molecule has 0 saturated carbocycles. The van der Waals surface area contributed by atoms with Crippen molar-refractivity contribution in [1.82, 2.24) is 14.5 Å². The highest BCUT2D eigenvalue weighted by Gasteiger charge is 2.35. The smallest absolute Gasteiger partial charge is 0.252 e. The average Bonchev–Trinajstić information content (AvgIpc) is 3.03. The Hall–Kier alpha value is -0.670. The van der Waals surface area contributed by atoms with E-state index in [1.807, 2.05) is 4.90 Å². The number of piperidine rings is 1. The monoisotopic (exact) mass is 365 g/mol. The number of thiophene rings is 1. The molecule has 9 heteroatoms. The van der Waals surface area contributed by atoms with Crippen molar-refractivity contribution in [2.24, 2.45) is 0 Å². The first-order valence-electron chi connectivity index (χ1n) is 7.13. The van der Waals surface area contributed by atoms with Crippen LogP contribution in [0.15, 0.2) is 21.7 Å². The number of rotatable bonds is 3. The molecule has 0 spiro atoms. The van der Waals surface area contributed by atoms with Crippen LogP contribution in [0.2, 0.25) is 0 Å². The molecule has 0 bridgehead atoms. The van der Waals surface area contributed by atoms with Gasteiger partial charge >= 0.3 is 0 Å². The quantitative estimate of drug-likeness (QED) is 0.858. The van der Waals surface area contributed by atoms with Crippen LogP contribution in [-0.2, 0) is 14.8 Å². The molecule has 2 aliphatic heterocycles. The van der Waals surface area contributed by atoms with Crippen molar-refractivity contribution < 1.29 is 13.2 Å². The van der Waals surface area contributed by atoms with Crippen molar-refractivity contribution >= 4 is 39.7 Å². The lowest BCUT2D eigenvalue weighted by atomic mass is 10.1. The maximum Gasteiger partial charge on any atom is 0.252 e. The van der Waals surface area contributed by atoms with Crippen molar-refractivity contribution in [1.29, 1.82) is 0 Å². The second-order valence-electron chi connectivity index (χ2n) is 5.36. The van der Waals surface area contributed by atoms with Crippen molar-refractivity contribution in [3.63, 3.8) is 0 Å². The lowest BCUT2D eigenvalue weighted by molar-refractivity contribution is -0.135. The van der Waals surface area contributed by atoms with Gasteiger partial charge in [0.2, 0.25) is 5.91 Å². The number of sulfonamides is 1. The van der Waals surface area contributed by atoms with Gasteiger partial charge in [-0.1, -0.05) is 6.07 Å². The third-order valence-corrected chi connectivity index (χ3v) is 7.25.